The molecule has 1 fully saturated rings. The summed E-state index contributed by atoms with van der Waals surface area (Å²) in [5, 5.41) is 20.6. The number of anilines is 1. The van der Waals surface area contributed by atoms with Crippen molar-refractivity contribution in [3.05, 3.63) is 35.4 Å². The van der Waals surface area contributed by atoms with Gasteiger partial charge in [-0.2, -0.15) is 5.26 Å². The fourth-order valence-electron chi connectivity index (χ4n) is 3.28. The molecule has 0 radical (unpaired) electrons. The third kappa shape index (κ3) is 7.39. The van der Waals surface area contributed by atoms with Gasteiger partial charge in [0.25, 0.3) is 0 Å². The Morgan fingerprint density at radius 3 is 2.60 bits per heavy atom. The van der Waals surface area contributed by atoms with Crippen molar-refractivity contribution in [3.63, 3.8) is 0 Å². The summed E-state index contributed by atoms with van der Waals surface area (Å²) in [6.07, 6.45) is 1.41. The molecule has 0 bridgehead atoms. The van der Waals surface area contributed by atoms with Gasteiger partial charge in [0, 0.05) is 19.2 Å². The Bertz CT molecular complexity index is 1120. The third-order valence-electron chi connectivity index (χ3n) is 5.06. The van der Waals surface area contributed by atoms with Crippen LogP contribution in [0.25, 0.3) is 11.3 Å². The lowest BCUT2D eigenvalue weighted by Gasteiger charge is -2.24. The van der Waals surface area contributed by atoms with E-state index in [0.29, 0.717) is 35.0 Å². The van der Waals surface area contributed by atoms with Gasteiger partial charge in [-0.05, 0) is 76.3 Å². The van der Waals surface area contributed by atoms with Crippen LogP contribution >= 0.6 is 0 Å². The molecule has 1 saturated carbocycles. The number of amides is 2. The number of aromatic nitrogens is 2. The van der Waals surface area contributed by atoms with E-state index in [0.717, 1.165) is 18.4 Å². The highest BCUT2D eigenvalue weighted by Crippen LogP contribution is 2.45. The lowest BCUT2D eigenvalue weighted by molar-refractivity contribution is -0.117. The molecule has 1 N–H and O–H groups in total. The Morgan fingerprint density at radius 1 is 1.23 bits per heavy atom. The number of hydrogen-bond donors (Lipinski definition) is 1. The van der Waals surface area contributed by atoms with Crippen molar-refractivity contribution >= 4 is 17.8 Å². The molecule has 1 aromatic carbocycles. The highest BCUT2D eigenvalue weighted by molar-refractivity contribution is 5.93. The van der Waals surface area contributed by atoms with Crippen LogP contribution in [0.5, 0.6) is 5.75 Å². The molecule has 186 valence electrons. The van der Waals surface area contributed by atoms with Gasteiger partial charge in [0.15, 0.2) is 12.6 Å². The maximum Gasteiger partial charge on any atom is 0.410 e. The first-order valence-corrected chi connectivity index (χ1v) is 11.5. The van der Waals surface area contributed by atoms with E-state index in [1.54, 1.807) is 45.0 Å². The summed E-state index contributed by atoms with van der Waals surface area (Å²) in [6, 6.07) is 9.04. The van der Waals surface area contributed by atoms with Crippen LogP contribution in [0.4, 0.5) is 10.6 Å². The van der Waals surface area contributed by atoms with E-state index < -0.39 is 17.6 Å². The van der Waals surface area contributed by atoms with Crippen molar-refractivity contribution in [1.82, 2.24) is 15.1 Å². The minimum atomic E-state index is -0.654. The lowest BCUT2D eigenvalue weighted by atomic mass is 10.0. The van der Waals surface area contributed by atoms with Gasteiger partial charge in [0.2, 0.25) is 5.91 Å². The SMILES string of the molecule is CCOCOc1cc(C#N)ccc1-c1nnc(NC(=O)CN(C)C(=O)OC(C)(C)C)cc1C1CC1. The second-order valence-electron chi connectivity index (χ2n) is 9.27. The Labute approximate surface area is 205 Å². The van der Waals surface area contributed by atoms with Gasteiger partial charge in [-0.25, -0.2) is 4.79 Å². The maximum atomic E-state index is 12.5. The molecular formula is C25H31N5O5. The van der Waals surface area contributed by atoms with E-state index >= 15 is 0 Å². The van der Waals surface area contributed by atoms with E-state index in [4.69, 9.17) is 14.2 Å². The smallest absolute Gasteiger partial charge is 0.410 e. The largest absolute Gasteiger partial charge is 0.467 e. The highest BCUT2D eigenvalue weighted by Gasteiger charge is 2.30. The second kappa shape index (κ2) is 11.1. The molecule has 35 heavy (non-hydrogen) atoms. The van der Waals surface area contributed by atoms with Crippen molar-refractivity contribution in [3.8, 4) is 23.1 Å². The van der Waals surface area contributed by atoms with E-state index in [9.17, 15) is 14.9 Å². The molecule has 10 nitrogen and oxygen atoms in total. The molecule has 2 amide bonds. The first-order chi connectivity index (χ1) is 16.6. The first kappa shape index (κ1) is 25.9. The normalized spacial score (nSPS) is 13.0. The number of rotatable bonds is 9. The van der Waals surface area contributed by atoms with Gasteiger partial charge in [-0.3, -0.25) is 4.79 Å². The van der Waals surface area contributed by atoms with Gasteiger partial charge in [0.1, 0.15) is 23.6 Å². The molecule has 1 heterocycles. The summed E-state index contributed by atoms with van der Waals surface area (Å²) in [5.74, 6) is 0.644. The minimum Gasteiger partial charge on any atom is -0.467 e. The van der Waals surface area contributed by atoms with Crippen molar-refractivity contribution in [2.75, 3.05) is 32.3 Å². The van der Waals surface area contributed by atoms with E-state index in [-0.39, 0.29) is 19.3 Å². The number of benzene rings is 1. The standard InChI is InChI=1S/C25H31N5O5/c1-6-33-15-34-20-11-16(13-26)7-10-18(20)23-19(17-8-9-17)12-21(28-29-23)27-22(31)14-30(5)24(32)35-25(2,3)4/h7,10-12,17H,6,8-9,14-15H2,1-5H3,(H,27,28,31). The molecule has 0 spiro atoms. The predicted octanol–water partition coefficient (Wildman–Crippen LogP) is 4.07. The number of nitrogens with zero attached hydrogens (tertiary/aromatic N) is 4. The second-order valence-corrected chi connectivity index (χ2v) is 9.27. The molecule has 0 unspecified atom stereocenters. The van der Waals surface area contributed by atoms with Gasteiger partial charge >= 0.3 is 6.09 Å². The summed E-state index contributed by atoms with van der Waals surface area (Å²) in [4.78, 5) is 25.8. The molecule has 0 aliphatic heterocycles. The molecule has 3 rings (SSSR count). The topological polar surface area (TPSA) is 127 Å². The monoisotopic (exact) mass is 481 g/mol. The Kier molecular flexibility index (Phi) is 8.25. The molecular weight excluding hydrogens is 450 g/mol. The Balaban J connectivity index is 1.80. The Hall–Kier alpha value is -3.71. The van der Waals surface area contributed by atoms with E-state index in [1.165, 1.54) is 11.9 Å². The average Bonchev–Trinajstić information content (AvgIpc) is 3.63. The number of carbonyl (C=O) groups is 2. The predicted molar refractivity (Wildman–Crippen MR) is 129 cm³/mol. The molecule has 0 saturated heterocycles. The van der Waals surface area contributed by atoms with Gasteiger partial charge in [-0.15, -0.1) is 10.2 Å². The number of hydrogen-bond acceptors (Lipinski definition) is 8. The van der Waals surface area contributed by atoms with Crippen LogP contribution < -0.4 is 10.1 Å². The van der Waals surface area contributed by atoms with Crippen LogP contribution in [-0.2, 0) is 14.3 Å². The van der Waals surface area contributed by atoms with Crippen molar-refractivity contribution in [2.24, 2.45) is 0 Å². The molecule has 1 aliphatic rings. The van der Waals surface area contributed by atoms with E-state index in [1.807, 2.05) is 6.92 Å². The zero-order chi connectivity index (χ0) is 25.6. The lowest BCUT2D eigenvalue weighted by Crippen LogP contribution is -2.38. The number of ether oxygens (including phenoxy) is 3. The van der Waals surface area contributed by atoms with Crippen LogP contribution in [0.2, 0.25) is 0 Å². The number of nitrogens with one attached hydrogen (secondary N) is 1. The van der Waals surface area contributed by atoms with Crippen LogP contribution in [0.1, 0.15) is 57.6 Å². The number of likely N-dealkylation sites (N-methyl/N-ethyl adjacent to an activating group) is 1. The van der Waals surface area contributed by atoms with Gasteiger partial charge < -0.3 is 24.4 Å². The fraction of sp³-hybridized carbons (Fsp3) is 0.480. The maximum absolute atomic E-state index is 12.5. The molecule has 10 heteroatoms. The fourth-order valence-corrected chi connectivity index (χ4v) is 3.28. The molecule has 1 aliphatic carbocycles. The summed E-state index contributed by atoms with van der Waals surface area (Å²) in [7, 11) is 1.49. The van der Waals surface area contributed by atoms with Crippen LogP contribution in [-0.4, -0.2) is 59.7 Å². The van der Waals surface area contributed by atoms with Crippen LogP contribution in [0.15, 0.2) is 24.3 Å². The third-order valence-corrected chi connectivity index (χ3v) is 5.06. The van der Waals surface area contributed by atoms with Crippen molar-refractivity contribution in [2.45, 2.75) is 52.1 Å². The highest BCUT2D eigenvalue weighted by atomic mass is 16.7. The van der Waals surface area contributed by atoms with Crippen LogP contribution in [0, 0.1) is 11.3 Å². The average molecular weight is 482 g/mol. The first-order valence-electron chi connectivity index (χ1n) is 11.5. The molecule has 2 aromatic rings. The minimum absolute atomic E-state index is 0.0455. The van der Waals surface area contributed by atoms with Crippen molar-refractivity contribution in [1.29, 1.82) is 5.26 Å². The quantitative estimate of drug-likeness (QED) is 0.419. The summed E-state index contributed by atoms with van der Waals surface area (Å²) in [5.41, 5.74) is 2.06. The van der Waals surface area contributed by atoms with Crippen LogP contribution in [0.3, 0.4) is 0 Å². The zero-order valence-corrected chi connectivity index (χ0v) is 20.8. The summed E-state index contributed by atoms with van der Waals surface area (Å²) < 4.78 is 16.3. The van der Waals surface area contributed by atoms with Gasteiger partial charge in [-0.1, -0.05) is 0 Å². The summed E-state index contributed by atoms with van der Waals surface area (Å²) >= 11 is 0. The summed E-state index contributed by atoms with van der Waals surface area (Å²) in [6.45, 7) is 7.50. The van der Waals surface area contributed by atoms with Crippen molar-refractivity contribution < 1.29 is 23.8 Å². The number of carbonyl (C=O) groups excluding carboxylic acids is 2. The number of nitriles is 1. The molecule has 1 aromatic heterocycles. The zero-order valence-electron chi connectivity index (χ0n) is 20.8. The Morgan fingerprint density at radius 2 is 1.97 bits per heavy atom. The van der Waals surface area contributed by atoms with Gasteiger partial charge in [0.05, 0.1) is 11.6 Å². The van der Waals surface area contributed by atoms with E-state index in [2.05, 4.69) is 21.6 Å². The molecule has 0 atom stereocenters.